The van der Waals surface area contributed by atoms with Gasteiger partial charge in [-0.15, -0.1) is 0 Å². The van der Waals surface area contributed by atoms with Gasteiger partial charge in [0.25, 0.3) is 0 Å². The zero-order valence-corrected chi connectivity index (χ0v) is 11.1. The number of nitrogen functional groups attached to an aromatic ring is 1. The van der Waals surface area contributed by atoms with E-state index in [0.717, 1.165) is 18.2 Å². The number of hydrogen-bond acceptors (Lipinski definition) is 2. The van der Waals surface area contributed by atoms with Crippen LogP contribution in [0.5, 0.6) is 0 Å². The molecule has 0 radical (unpaired) electrons. The third-order valence-electron chi connectivity index (χ3n) is 3.50. The van der Waals surface area contributed by atoms with Crippen LogP contribution in [-0.4, -0.2) is 18.0 Å². The monoisotopic (exact) mass is 232 g/mol. The molecule has 1 aromatic rings. The van der Waals surface area contributed by atoms with E-state index in [9.17, 15) is 0 Å². The number of nitrogens with zero attached hydrogens (tertiary/aromatic N) is 1. The molecular weight excluding hydrogens is 208 g/mol. The molecule has 0 heterocycles. The maximum absolute atomic E-state index is 5.97. The fourth-order valence-electron chi connectivity index (χ4n) is 2.26. The van der Waals surface area contributed by atoms with E-state index in [2.05, 4.69) is 36.9 Å². The van der Waals surface area contributed by atoms with E-state index in [-0.39, 0.29) is 0 Å². The van der Waals surface area contributed by atoms with Crippen molar-refractivity contribution in [2.45, 2.75) is 39.7 Å². The molecule has 0 saturated heterocycles. The van der Waals surface area contributed by atoms with Crippen molar-refractivity contribution < 1.29 is 0 Å². The first-order chi connectivity index (χ1) is 8.19. The normalized spacial score (nSPS) is 15.5. The van der Waals surface area contributed by atoms with Gasteiger partial charge < -0.3 is 5.73 Å². The Balaban J connectivity index is 1.97. The van der Waals surface area contributed by atoms with Gasteiger partial charge in [-0.1, -0.05) is 19.1 Å². The molecule has 0 unspecified atom stereocenters. The van der Waals surface area contributed by atoms with Gasteiger partial charge in [0.1, 0.15) is 0 Å². The van der Waals surface area contributed by atoms with E-state index in [1.807, 2.05) is 0 Å². The fourth-order valence-corrected chi connectivity index (χ4v) is 2.26. The fraction of sp³-hybridized carbons (Fsp3) is 0.600. The molecule has 1 aliphatic carbocycles. The van der Waals surface area contributed by atoms with Crippen LogP contribution in [0.1, 0.15) is 37.3 Å². The lowest BCUT2D eigenvalue weighted by Gasteiger charge is -2.22. The van der Waals surface area contributed by atoms with Crippen molar-refractivity contribution in [2.24, 2.45) is 5.92 Å². The molecule has 2 nitrogen and oxygen atoms in total. The van der Waals surface area contributed by atoms with E-state index in [1.54, 1.807) is 0 Å². The molecule has 1 saturated carbocycles. The predicted molar refractivity (Wildman–Crippen MR) is 73.9 cm³/mol. The number of nitrogens with two attached hydrogens (primary N) is 1. The highest BCUT2D eigenvalue weighted by molar-refractivity contribution is 5.48. The minimum Gasteiger partial charge on any atom is -0.399 e. The Labute approximate surface area is 105 Å². The van der Waals surface area contributed by atoms with Crippen LogP contribution in [-0.2, 0) is 6.54 Å². The molecule has 0 spiro atoms. The number of anilines is 1. The molecule has 0 bridgehead atoms. The van der Waals surface area contributed by atoms with Crippen LogP contribution in [0.15, 0.2) is 18.2 Å². The summed E-state index contributed by atoms with van der Waals surface area (Å²) in [6.45, 7) is 7.83. The third kappa shape index (κ3) is 3.74. The van der Waals surface area contributed by atoms with Gasteiger partial charge in [-0.2, -0.15) is 0 Å². The standard InChI is InChI=1S/C15H24N2/c1-3-8-17(10-13-6-7-13)11-14-5-4-12(2)15(16)9-14/h4-5,9,13H,3,6-8,10-11,16H2,1-2H3. The van der Waals surface area contributed by atoms with Gasteiger partial charge in [0, 0.05) is 18.8 Å². The second kappa shape index (κ2) is 5.54. The zero-order chi connectivity index (χ0) is 12.3. The van der Waals surface area contributed by atoms with Gasteiger partial charge in [-0.3, -0.25) is 4.90 Å². The molecule has 2 heteroatoms. The number of benzene rings is 1. The highest BCUT2D eigenvalue weighted by Crippen LogP contribution is 2.30. The van der Waals surface area contributed by atoms with Crippen LogP contribution >= 0.6 is 0 Å². The molecule has 1 aromatic carbocycles. The van der Waals surface area contributed by atoms with Crippen molar-refractivity contribution in [3.63, 3.8) is 0 Å². The predicted octanol–water partition coefficient (Wildman–Crippen LogP) is 3.20. The average molecular weight is 232 g/mol. The van der Waals surface area contributed by atoms with Crippen LogP contribution in [0.25, 0.3) is 0 Å². The lowest BCUT2D eigenvalue weighted by atomic mass is 10.1. The van der Waals surface area contributed by atoms with E-state index < -0.39 is 0 Å². The average Bonchev–Trinajstić information content (AvgIpc) is 3.08. The summed E-state index contributed by atoms with van der Waals surface area (Å²) in [6.07, 6.45) is 4.08. The van der Waals surface area contributed by atoms with Crippen LogP contribution in [0.4, 0.5) is 5.69 Å². The second-order valence-electron chi connectivity index (χ2n) is 5.37. The summed E-state index contributed by atoms with van der Waals surface area (Å²) >= 11 is 0. The van der Waals surface area contributed by atoms with Crippen molar-refractivity contribution in [3.05, 3.63) is 29.3 Å². The Bertz CT molecular complexity index is 369. The minimum absolute atomic E-state index is 0.922. The Hall–Kier alpha value is -1.02. The van der Waals surface area contributed by atoms with Crippen LogP contribution < -0.4 is 5.73 Å². The largest absolute Gasteiger partial charge is 0.399 e. The SMILES string of the molecule is CCCN(Cc1ccc(C)c(N)c1)CC1CC1. The molecule has 0 aliphatic heterocycles. The Morgan fingerprint density at radius 3 is 2.71 bits per heavy atom. The van der Waals surface area contributed by atoms with Gasteiger partial charge in [-0.05, 0) is 55.8 Å². The topological polar surface area (TPSA) is 29.3 Å². The lowest BCUT2D eigenvalue weighted by molar-refractivity contribution is 0.255. The molecule has 0 aromatic heterocycles. The third-order valence-corrected chi connectivity index (χ3v) is 3.50. The summed E-state index contributed by atoms with van der Waals surface area (Å²) in [5.74, 6) is 0.962. The Kier molecular flexibility index (Phi) is 4.06. The summed E-state index contributed by atoms with van der Waals surface area (Å²) in [5, 5.41) is 0. The highest BCUT2D eigenvalue weighted by Gasteiger charge is 2.23. The number of hydrogen-bond donors (Lipinski definition) is 1. The summed E-state index contributed by atoms with van der Waals surface area (Å²) in [6, 6.07) is 6.47. The molecule has 17 heavy (non-hydrogen) atoms. The van der Waals surface area contributed by atoms with E-state index in [1.165, 1.54) is 43.5 Å². The van der Waals surface area contributed by atoms with Crippen molar-refractivity contribution in [1.82, 2.24) is 4.90 Å². The van der Waals surface area contributed by atoms with E-state index >= 15 is 0 Å². The summed E-state index contributed by atoms with van der Waals surface area (Å²) in [5.41, 5.74) is 9.41. The van der Waals surface area contributed by atoms with Gasteiger partial charge >= 0.3 is 0 Å². The van der Waals surface area contributed by atoms with Crippen molar-refractivity contribution in [3.8, 4) is 0 Å². The first kappa shape index (κ1) is 12.4. The molecule has 94 valence electrons. The second-order valence-corrected chi connectivity index (χ2v) is 5.37. The van der Waals surface area contributed by atoms with Gasteiger partial charge in [0.05, 0.1) is 0 Å². The first-order valence-corrected chi connectivity index (χ1v) is 6.76. The van der Waals surface area contributed by atoms with E-state index in [0.29, 0.717) is 0 Å². The van der Waals surface area contributed by atoms with Gasteiger partial charge in [-0.25, -0.2) is 0 Å². The first-order valence-electron chi connectivity index (χ1n) is 6.76. The maximum atomic E-state index is 5.97. The smallest absolute Gasteiger partial charge is 0.0346 e. The molecule has 2 rings (SSSR count). The van der Waals surface area contributed by atoms with Crippen molar-refractivity contribution >= 4 is 5.69 Å². The van der Waals surface area contributed by atoms with Crippen molar-refractivity contribution in [2.75, 3.05) is 18.8 Å². The maximum Gasteiger partial charge on any atom is 0.0346 e. The van der Waals surface area contributed by atoms with Gasteiger partial charge in [0.15, 0.2) is 0 Å². The molecule has 0 atom stereocenters. The Morgan fingerprint density at radius 1 is 1.35 bits per heavy atom. The van der Waals surface area contributed by atoms with Crippen LogP contribution in [0.3, 0.4) is 0 Å². The van der Waals surface area contributed by atoms with E-state index in [4.69, 9.17) is 5.73 Å². The Morgan fingerprint density at radius 2 is 2.12 bits per heavy atom. The molecule has 0 amide bonds. The molecule has 2 N–H and O–H groups in total. The quantitative estimate of drug-likeness (QED) is 0.763. The molecule has 1 aliphatic rings. The van der Waals surface area contributed by atoms with Crippen LogP contribution in [0.2, 0.25) is 0 Å². The van der Waals surface area contributed by atoms with Crippen molar-refractivity contribution in [1.29, 1.82) is 0 Å². The zero-order valence-electron chi connectivity index (χ0n) is 11.1. The summed E-state index contributed by atoms with van der Waals surface area (Å²) in [7, 11) is 0. The number of aryl methyl sites for hydroxylation is 1. The summed E-state index contributed by atoms with van der Waals surface area (Å²) in [4.78, 5) is 2.57. The molecular formula is C15H24N2. The molecule has 1 fully saturated rings. The van der Waals surface area contributed by atoms with Crippen LogP contribution in [0, 0.1) is 12.8 Å². The van der Waals surface area contributed by atoms with Gasteiger partial charge in [0.2, 0.25) is 0 Å². The minimum atomic E-state index is 0.922. The summed E-state index contributed by atoms with van der Waals surface area (Å²) < 4.78 is 0. The number of rotatable bonds is 6. The lowest BCUT2D eigenvalue weighted by Crippen LogP contribution is -2.26. The highest BCUT2D eigenvalue weighted by atomic mass is 15.1.